The molecule has 2 amide bonds. The topological polar surface area (TPSA) is 57.0 Å². The van der Waals surface area contributed by atoms with Crippen molar-refractivity contribution >= 4 is 11.8 Å². The Balaban J connectivity index is 1.54. The normalized spacial score (nSPS) is 27.7. The van der Waals surface area contributed by atoms with Crippen LogP contribution in [0.5, 0.6) is 0 Å². The van der Waals surface area contributed by atoms with Crippen LogP contribution >= 0.6 is 0 Å². The molecule has 0 aromatic carbocycles. The Bertz CT molecular complexity index is 763. The summed E-state index contributed by atoms with van der Waals surface area (Å²) in [7, 11) is 1.94. The molecule has 0 N–H and O–H groups in total. The van der Waals surface area contributed by atoms with Crippen molar-refractivity contribution in [3.8, 4) is 0 Å². The van der Waals surface area contributed by atoms with Gasteiger partial charge in [0.15, 0.2) is 5.76 Å². The SMILES string of the molecule is Cc1ccc(C(=O)N2CCC3(CC2)CN(CC(C)C)CC32CCN(C)C2=O)o1. The van der Waals surface area contributed by atoms with E-state index in [1.54, 1.807) is 6.07 Å². The van der Waals surface area contributed by atoms with Crippen LogP contribution in [0.25, 0.3) is 0 Å². The summed E-state index contributed by atoms with van der Waals surface area (Å²) in [6.07, 6.45) is 2.74. The van der Waals surface area contributed by atoms with Crippen molar-refractivity contribution in [2.24, 2.45) is 16.7 Å². The number of aryl methyl sites for hydroxylation is 1. The maximum absolute atomic E-state index is 13.3. The predicted molar refractivity (Wildman–Crippen MR) is 107 cm³/mol. The van der Waals surface area contributed by atoms with E-state index in [0.29, 0.717) is 30.7 Å². The van der Waals surface area contributed by atoms with Crippen LogP contribution in [0.15, 0.2) is 16.5 Å². The molecule has 0 radical (unpaired) electrons. The lowest BCUT2D eigenvalue weighted by Crippen LogP contribution is -2.53. The number of carbonyl (C=O) groups excluding carboxylic acids is 2. The third-order valence-corrected chi connectivity index (χ3v) is 7.25. The molecule has 3 aliphatic rings. The van der Waals surface area contributed by atoms with Crippen molar-refractivity contribution in [1.29, 1.82) is 0 Å². The van der Waals surface area contributed by atoms with Crippen LogP contribution in [-0.4, -0.2) is 72.8 Å². The summed E-state index contributed by atoms with van der Waals surface area (Å²) in [6.45, 7) is 11.5. The molecule has 2 spiro atoms. The van der Waals surface area contributed by atoms with Gasteiger partial charge >= 0.3 is 0 Å². The average molecular weight is 388 g/mol. The summed E-state index contributed by atoms with van der Waals surface area (Å²) in [6, 6.07) is 3.60. The van der Waals surface area contributed by atoms with Crippen LogP contribution in [0.1, 0.15) is 49.4 Å². The molecule has 3 saturated heterocycles. The lowest BCUT2D eigenvalue weighted by atomic mass is 9.60. The maximum atomic E-state index is 13.3. The van der Waals surface area contributed by atoms with E-state index in [1.165, 1.54) is 0 Å². The molecular weight excluding hydrogens is 354 g/mol. The summed E-state index contributed by atoms with van der Waals surface area (Å²) in [5.41, 5.74) is -0.285. The fraction of sp³-hybridized carbons (Fsp3) is 0.727. The highest BCUT2D eigenvalue weighted by Gasteiger charge is 2.64. The summed E-state index contributed by atoms with van der Waals surface area (Å²) in [4.78, 5) is 32.4. The summed E-state index contributed by atoms with van der Waals surface area (Å²) in [5, 5.41) is 0. The highest BCUT2D eigenvalue weighted by Crippen LogP contribution is 2.57. The van der Waals surface area contributed by atoms with Gasteiger partial charge in [-0.15, -0.1) is 0 Å². The zero-order chi connectivity index (χ0) is 20.1. The van der Waals surface area contributed by atoms with E-state index >= 15 is 0 Å². The number of hydrogen-bond acceptors (Lipinski definition) is 4. The molecule has 1 atom stereocenters. The molecule has 0 aliphatic carbocycles. The van der Waals surface area contributed by atoms with Gasteiger partial charge < -0.3 is 19.1 Å². The molecular formula is C22H33N3O3. The van der Waals surface area contributed by atoms with Crippen LogP contribution in [0.4, 0.5) is 0 Å². The minimum Gasteiger partial charge on any atom is -0.456 e. The van der Waals surface area contributed by atoms with Crippen molar-refractivity contribution in [2.45, 2.75) is 40.0 Å². The second-order valence-corrected chi connectivity index (χ2v) is 9.61. The van der Waals surface area contributed by atoms with Crippen LogP contribution in [0.2, 0.25) is 0 Å². The van der Waals surface area contributed by atoms with E-state index < -0.39 is 0 Å². The highest BCUT2D eigenvalue weighted by atomic mass is 16.3. The number of furan rings is 1. The van der Waals surface area contributed by atoms with E-state index in [0.717, 1.165) is 51.2 Å². The van der Waals surface area contributed by atoms with E-state index in [-0.39, 0.29) is 16.7 Å². The van der Waals surface area contributed by atoms with Crippen molar-refractivity contribution in [3.05, 3.63) is 23.7 Å². The van der Waals surface area contributed by atoms with Gasteiger partial charge in [0.05, 0.1) is 5.41 Å². The number of piperidine rings is 1. The number of amides is 2. The van der Waals surface area contributed by atoms with Gasteiger partial charge in [-0.25, -0.2) is 0 Å². The van der Waals surface area contributed by atoms with Gasteiger partial charge in [-0.1, -0.05) is 13.8 Å². The molecule has 6 nitrogen and oxygen atoms in total. The Hall–Kier alpha value is -1.82. The first-order chi connectivity index (χ1) is 13.3. The first-order valence-corrected chi connectivity index (χ1v) is 10.6. The smallest absolute Gasteiger partial charge is 0.289 e. The fourth-order valence-electron chi connectivity index (χ4n) is 5.88. The fourth-order valence-corrected chi connectivity index (χ4v) is 5.88. The Labute approximate surface area is 167 Å². The van der Waals surface area contributed by atoms with Crippen molar-refractivity contribution in [3.63, 3.8) is 0 Å². The van der Waals surface area contributed by atoms with E-state index in [2.05, 4.69) is 18.7 Å². The molecule has 3 aliphatic heterocycles. The zero-order valence-electron chi connectivity index (χ0n) is 17.7. The van der Waals surface area contributed by atoms with Crippen molar-refractivity contribution in [1.82, 2.24) is 14.7 Å². The Morgan fingerprint density at radius 2 is 1.86 bits per heavy atom. The van der Waals surface area contributed by atoms with Gasteiger partial charge in [-0.05, 0) is 44.2 Å². The van der Waals surface area contributed by atoms with Crippen LogP contribution < -0.4 is 0 Å². The molecule has 1 aromatic rings. The Kier molecular flexibility index (Phi) is 4.81. The standard InChI is InChI=1S/C22H33N3O3/c1-16(2)13-24-14-21(22(15-24)9-10-23(4)20(22)27)7-11-25(12-8-21)19(26)18-6-5-17(3)28-18/h5-6,16H,7-15H2,1-4H3. The third-order valence-electron chi connectivity index (χ3n) is 7.25. The maximum Gasteiger partial charge on any atom is 0.289 e. The molecule has 0 bridgehead atoms. The molecule has 1 unspecified atom stereocenters. The third kappa shape index (κ3) is 2.97. The van der Waals surface area contributed by atoms with Crippen LogP contribution in [0, 0.1) is 23.7 Å². The van der Waals surface area contributed by atoms with Gasteiger partial charge in [0.2, 0.25) is 5.91 Å². The van der Waals surface area contributed by atoms with Gasteiger partial charge in [0, 0.05) is 51.7 Å². The molecule has 154 valence electrons. The van der Waals surface area contributed by atoms with E-state index in [9.17, 15) is 9.59 Å². The quantitative estimate of drug-likeness (QED) is 0.800. The van der Waals surface area contributed by atoms with Crippen LogP contribution in [0.3, 0.4) is 0 Å². The largest absolute Gasteiger partial charge is 0.456 e. The van der Waals surface area contributed by atoms with Gasteiger partial charge in [-0.3, -0.25) is 9.59 Å². The molecule has 4 heterocycles. The summed E-state index contributed by atoms with van der Waals surface area (Å²) < 4.78 is 5.54. The van der Waals surface area contributed by atoms with Crippen molar-refractivity contribution < 1.29 is 14.0 Å². The zero-order valence-corrected chi connectivity index (χ0v) is 17.7. The highest BCUT2D eigenvalue weighted by molar-refractivity contribution is 5.91. The summed E-state index contributed by atoms with van der Waals surface area (Å²) in [5.74, 6) is 2.07. The minimum absolute atomic E-state index is 0.0143. The molecule has 4 rings (SSSR count). The molecule has 0 saturated carbocycles. The van der Waals surface area contributed by atoms with Gasteiger partial charge in [0.1, 0.15) is 5.76 Å². The molecule has 1 aromatic heterocycles. The monoisotopic (exact) mass is 387 g/mol. The average Bonchev–Trinajstić information content (AvgIpc) is 3.29. The van der Waals surface area contributed by atoms with E-state index in [4.69, 9.17) is 4.42 Å². The molecule has 3 fully saturated rings. The molecule has 6 heteroatoms. The summed E-state index contributed by atoms with van der Waals surface area (Å²) >= 11 is 0. The molecule has 28 heavy (non-hydrogen) atoms. The number of hydrogen-bond donors (Lipinski definition) is 0. The minimum atomic E-state index is -0.271. The number of nitrogens with zero attached hydrogens (tertiary/aromatic N) is 3. The first kappa shape index (κ1) is 19.5. The number of likely N-dealkylation sites (tertiary alicyclic amines) is 3. The second kappa shape index (κ2) is 6.90. The lowest BCUT2D eigenvalue weighted by Gasteiger charge is -2.46. The van der Waals surface area contributed by atoms with E-state index in [1.807, 2.05) is 29.8 Å². The van der Waals surface area contributed by atoms with Crippen molar-refractivity contribution in [2.75, 3.05) is 46.3 Å². The Morgan fingerprint density at radius 3 is 2.39 bits per heavy atom. The first-order valence-electron chi connectivity index (χ1n) is 10.6. The predicted octanol–water partition coefficient (Wildman–Crippen LogP) is 2.63. The van der Waals surface area contributed by atoms with Crippen LogP contribution in [-0.2, 0) is 4.79 Å². The lowest BCUT2D eigenvalue weighted by molar-refractivity contribution is -0.141. The van der Waals surface area contributed by atoms with Gasteiger partial charge in [0.25, 0.3) is 5.91 Å². The second-order valence-electron chi connectivity index (χ2n) is 9.61. The number of rotatable bonds is 3. The van der Waals surface area contributed by atoms with Gasteiger partial charge in [-0.2, -0.15) is 0 Å². The number of fused-ring (bicyclic) bond motifs is 1. The number of carbonyl (C=O) groups is 2. The Morgan fingerprint density at radius 1 is 1.14 bits per heavy atom.